The molecule has 0 atom stereocenters. The van der Waals surface area contributed by atoms with Crippen LogP contribution in [0.25, 0.3) is 0 Å². The Labute approximate surface area is 122 Å². The summed E-state index contributed by atoms with van der Waals surface area (Å²) in [6.45, 7) is -0.242. The van der Waals surface area contributed by atoms with Gasteiger partial charge in [-0.25, -0.2) is 13.1 Å². The maximum Gasteiger partial charge on any atom is 0.310 e. The van der Waals surface area contributed by atoms with Crippen molar-refractivity contribution in [1.82, 2.24) is 4.72 Å². The normalized spacial score (nSPS) is 16.9. The SMILES string of the molecule is O=C(O)C1(CNS(=O)(=O)c2cc([N+](=O)[O-])c(Cl)s2)CC1. The molecule has 1 heterocycles. The third kappa shape index (κ3) is 2.77. The zero-order valence-corrected chi connectivity index (χ0v) is 12.2. The summed E-state index contributed by atoms with van der Waals surface area (Å²) in [5.74, 6) is -1.06. The first kappa shape index (κ1) is 15.2. The van der Waals surface area contributed by atoms with Crippen LogP contribution in [0, 0.1) is 15.5 Å². The van der Waals surface area contributed by atoms with Crippen LogP contribution in [0.3, 0.4) is 0 Å². The Morgan fingerprint density at radius 2 is 2.20 bits per heavy atom. The third-order valence-corrected chi connectivity index (χ3v) is 6.23. The van der Waals surface area contributed by atoms with E-state index in [-0.39, 0.29) is 15.1 Å². The third-order valence-electron chi connectivity index (χ3n) is 3.02. The molecule has 2 N–H and O–H groups in total. The van der Waals surface area contributed by atoms with Crippen LogP contribution in [-0.2, 0) is 14.8 Å². The first-order valence-corrected chi connectivity index (χ1v) is 8.02. The van der Waals surface area contributed by atoms with Gasteiger partial charge in [-0.05, 0) is 12.8 Å². The second-order valence-electron chi connectivity index (χ2n) is 4.39. The van der Waals surface area contributed by atoms with Gasteiger partial charge in [0.1, 0.15) is 4.21 Å². The highest BCUT2D eigenvalue weighted by Gasteiger charge is 2.50. The van der Waals surface area contributed by atoms with Gasteiger partial charge in [-0.3, -0.25) is 14.9 Å². The van der Waals surface area contributed by atoms with E-state index >= 15 is 0 Å². The molecular weight excluding hydrogens is 332 g/mol. The van der Waals surface area contributed by atoms with Crippen molar-refractivity contribution >= 4 is 44.6 Å². The highest BCUT2D eigenvalue weighted by Crippen LogP contribution is 2.45. The van der Waals surface area contributed by atoms with E-state index in [1.807, 2.05) is 0 Å². The molecule has 0 saturated heterocycles. The number of hydrogen-bond donors (Lipinski definition) is 2. The standard InChI is InChI=1S/C9H9ClN2O6S2/c10-7-5(12(15)16)3-6(19-7)20(17,18)11-4-9(1-2-9)8(13)14/h3,11H,1-2,4H2,(H,13,14). The minimum Gasteiger partial charge on any atom is -0.481 e. The summed E-state index contributed by atoms with van der Waals surface area (Å²) in [6, 6.07) is 0.857. The molecule has 1 fully saturated rings. The quantitative estimate of drug-likeness (QED) is 0.596. The minimum atomic E-state index is -4.01. The molecule has 11 heteroatoms. The van der Waals surface area contributed by atoms with Crippen LogP contribution < -0.4 is 4.72 Å². The molecule has 110 valence electrons. The van der Waals surface area contributed by atoms with Gasteiger partial charge in [0.2, 0.25) is 10.0 Å². The first-order valence-electron chi connectivity index (χ1n) is 5.35. The van der Waals surface area contributed by atoms with Gasteiger partial charge in [0.15, 0.2) is 4.34 Å². The van der Waals surface area contributed by atoms with E-state index in [9.17, 15) is 23.3 Å². The lowest BCUT2D eigenvalue weighted by Crippen LogP contribution is -2.33. The molecule has 1 aliphatic rings. The molecule has 0 aromatic carbocycles. The number of nitrogens with one attached hydrogen (secondary N) is 1. The number of carboxylic acids is 1. The molecule has 20 heavy (non-hydrogen) atoms. The molecule has 1 aromatic heterocycles. The summed E-state index contributed by atoms with van der Waals surface area (Å²) in [7, 11) is -4.01. The van der Waals surface area contributed by atoms with Crippen molar-refractivity contribution in [3.63, 3.8) is 0 Å². The molecule has 2 rings (SSSR count). The summed E-state index contributed by atoms with van der Waals surface area (Å²) in [4.78, 5) is 20.8. The Morgan fingerprint density at radius 1 is 1.60 bits per heavy atom. The van der Waals surface area contributed by atoms with Crippen LogP contribution in [0.1, 0.15) is 12.8 Å². The zero-order valence-electron chi connectivity index (χ0n) is 9.83. The maximum atomic E-state index is 11.9. The Bertz CT molecular complexity index is 679. The second-order valence-corrected chi connectivity index (χ2v) is 8.04. The summed E-state index contributed by atoms with van der Waals surface area (Å²) < 4.78 is 25.5. The summed E-state index contributed by atoms with van der Waals surface area (Å²) in [6.07, 6.45) is 0.798. The van der Waals surface area contributed by atoms with Gasteiger partial charge in [0.25, 0.3) is 5.69 Å². The van der Waals surface area contributed by atoms with Gasteiger partial charge in [0.05, 0.1) is 10.3 Å². The predicted molar refractivity (Wildman–Crippen MR) is 70.5 cm³/mol. The van der Waals surface area contributed by atoms with E-state index in [4.69, 9.17) is 16.7 Å². The Kier molecular flexibility index (Phi) is 3.75. The van der Waals surface area contributed by atoms with Crippen molar-refractivity contribution in [2.24, 2.45) is 5.41 Å². The predicted octanol–water partition coefficient (Wildman–Crippen LogP) is 1.45. The zero-order chi connectivity index (χ0) is 15.1. The monoisotopic (exact) mass is 340 g/mol. The van der Waals surface area contributed by atoms with E-state index in [2.05, 4.69) is 4.72 Å². The Hall–Kier alpha value is -1.23. The molecule has 0 bridgehead atoms. The van der Waals surface area contributed by atoms with Crippen molar-refractivity contribution in [2.75, 3.05) is 6.54 Å². The second kappa shape index (κ2) is 4.95. The number of carbonyl (C=O) groups is 1. The molecule has 1 saturated carbocycles. The van der Waals surface area contributed by atoms with Crippen molar-refractivity contribution in [2.45, 2.75) is 17.1 Å². The van der Waals surface area contributed by atoms with Gasteiger partial charge in [0, 0.05) is 12.6 Å². The van der Waals surface area contributed by atoms with Crippen molar-refractivity contribution < 1.29 is 23.2 Å². The number of nitro groups is 1. The maximum absolute atomic E-state index is 11.9. The van der Waals surface area contributed by atoms with E-state index in [1.165, 1.54) is 0 Å². The van der Waals surface area contributed by atoms with Crippen LogP contribution in [0.15, 0.2) is 10.3 Å². The van der Waals surface area contributed by atoms with Gasteiger partial charge >= 0.3 is 5.97 Å². The number of thiophene rings is 1. The Morgan fingerprint density at radius 3 is 2.60 bits per heavy atom. The fourth-order valence-electron chi connectivity index (χ4n) is 1.52. The fourth-order valence-corrected chi connectivity index (χ4v) is 4.35. The number of sulfonamides is 1. The van der Waals surface area contributed by atoms with Crippen molar-refractivity contribution in [3.8, 4) is 0 Å². The molecule has 0 spiro atoms. The lowest BCUT2D eigenvalue weighted by molar-refractivity contribution is -0.384. The van der Waals surface area contributed by atoms with Gasteiger partial charge in [-0.15, -0.1) is 11.3 Å². The van der Waals surface area contributed by atoms with Gasteiger partial charge < -0.3 is 5.11 Å². The van der Waals surface area contributed by atoms with Gasteiger partial charge in [-0.1, -0.05) is 11.6 Å². The molecule has 0 unspecified atom stereocenters. The van der Waals surface area contributed by atoms with E-state index in [0.29, 0.717) is 24.2 Å². The number of nitrogens with zero attached hydrogens (tertiary/aromatic N) is 1. The van der Waals surface area contributed by atoms with E-state index in [1.54, 1.807) is 0 Å². The van der Waals surface area contributed by atoms with Crippen LogP contribution in [-0.4, -0.2) is 31.0 Å². The lowest BCUT2D eigenvalue weighted by Gasteiger charge is -2.10. The van der Waals surface area contributed by atoms with E-state index < -0.39 is 32.0 Å². The first-order chi connectivity index (χ1) is 9.18. The van der Waals surface area contributed by atoms with E-state index in [0.717, 1.165) is 6.07 Å². The number of carboxylic acid groups (broad SMARTS) is 1. The van der Waals surface area contributed by atoms with Crippen molar-refractivity contribution in [1.29, 1.82) is 0 Å². The van der Waals surface area contributed by atoms with Crippen LogP contribution in [0.4, 0.5) is 5.69 Å². The highest BCUT2D eigenvalue weighted by atomic mass is 35.5. The highest BCUT2D eigenvalue weighted by molar-refractivity contribution is 7.91. The Balaban J connectivity index is 2.17. The van der Waals surface area contributed by atoms with Crippen LogP contribution in [0.2, 0.25) is 4.34 Å². The molecular formula is C9H9ClN2O6S2. The topological polar surface area (TPSA) is 127 Å². The minimum absolute atomic E-state index is 0.241. The molecule has 0 amide bonds. The van der Waals surface area contributed by atoms with Crippen LogP contribution >= 0.6 is 22.9 Å². The number of rotatable bonds is 6. The van der Waals surface area contributed by atoms with Crippen LogP contribution in [0.5, 0.6) is 0 Å². The number of halogens is 1. The van der Waals surface area contributed by atoms with Crippen molar-refractivity contribution in [3.05, 3.63) is 20.5 Å². The smallest absolute Gasteiger partial charge is 0.310 e. The molecule has 0 aliphatic heterocycles. The summed E-state index contributed by atoms with van der Waals surface area (Å²) >= 11 is 6.14. The summed E-state index contributed by atoms with van der Waals surface area (Å²) in [5, 5.41) is 19.6. The number of hydrogen-bond acceptors (Lipinski definition) is 6. The molecule has 8 nitrogen and oxygen atoms in total. The van der Waals surface area contributed by atoms with Gasteiger partial charge in [-0.2, -0.15) is 0 Å². The molecule has 1 aromatic rings. The largest absolute Gasteiger partial charge is 0.481 e. The molecule has 1 aliphatic carbocycles. The average Bonchev–Trinajstić information content (AvgIpc) is 3.03. The fraction of sp³-hybridized carbons (Fsp3) is 0.444. The lowest BCUT2D eigenvalue weighted by atomic mass is 10.1. The average molecular weight is 341 g/mol. The number of aliphatic carboxylic acids is 1. The molecule has 0 radical (unpaired) electrons. The summed E-state index contributed by atoms with van der Waals surface area (Å²) in [5.41, 5.74) is -1.54.